The van der Waals surface area contributed by atoms with E-state index in [1.54, 1.807) is 6.92 Å². The molecule has 0 saturated heterocycles. The van der Waals surface area contributed by atoms with E-state index in [0.717, 1.165) is 5.01 Å². The van der Waals surface area contributed by atoms with Gasteiger partial charge in [0, 0.05) is 23.3 Å². The summed E-state index contributed by atoms with van der Waals surface area (Å²) in [5.41, 5.74) is 0.490. The number of rotatable bonds is 5. The summed E-state index contributed by atoms with van der Waals surface area (Å²) in [4.78, 5) is 26.8. The van der Waals surface area contributed by atoms with Gasteiger partial charge >= 0.3 is 5.97 Å². The molecule has 0 atom stereocenters. The average molecular weight is 285 g/mol. The summed E-state index contributed by atoms with van der Waals surface area (Å²) in [6.07, 6.45) is 0.132. The van der Waals surface area contributed by atoms with Crippen molar-refractivity contribution in [2.75, 3.05) is 5.75 Å². The molecule has 0 aromatic carbocycles. The highest BCUT2D eigenvalue weighted by Gasteiger charge is 2.07. The van der Waals surface area contributed by atoms with Gasteiger partial charge < -0.3 is 5.11 Å². The maximum atomic E-state index is 11.6. The van der Waals surface area contributed by atoms with E-state index in [2.05, 4.69) is 10.1 Å². The van der Waals surface area contributed by atoms with Crippen LogP contribution in [0.2, 0.25) is 0 Å². The highest BCUT2D eigenvalue weighted by molar-refractivity contribution is 7.98. The molecule has 0 spiro atoms. The number of hydrogen-bond acceptors (Lipinski definition) is 6. The summed E-state index contributed by atoms with van der Waals surface area (Å²) in [5, 5.41) is 13.5. The summed E-state index contributed by atoms with van der Waals surface area (Å²) in [7, 11) is 0. The fourth-order valence-electron chi connectivity index (χ4n) is 1.34. The molecule has 0 amide bonds. The SMILES string of the molecule is Cc1cc(=O)n2nc(CSCCC(=O)O)sc2n1. The Morgan fingerprint density at radius 3 is 3.11 bits per heavy atom. The van der Waals surface area contributed by atoms with Crippen LogP contribution in [0.1, 0.15) is 17.1 Å². The average Bonchev–Trinajstić information content (AvgIpc) is 2.67. The van der Waals surface area contributed by atoms with Crippen molar-refractivity contribution in [2.45, 2.75) is 19.1 Å². The topological polar surface area (TPSA) is 84.6 Å². The van der Waals surface area contributed by atoms with Gasteiger partial charge in [-0.05, 0) is 6.92 Å². The molecule has 18 heavy (non-hydrogen) atoms. The monoisotopic (exact) mass is 285 g/mol. The molecule has 0 unspecified atom stereocenters. The molecule has 96 valence electrons. The van der Waals surface area contributed by atoms with Gasteiger partial charge in [0.15, 0.2) is 0 Å². The number of carboxylic acids is 1. The lowest BCUT2D eigenvalue weighted by atomic mass is 10.5. The first-order valence-corrected chi connectivity index (χ1v) is 7.19. The quantitative estimate of drug-likeness (QED) is 0.830. The van der Waals surface area contributed by atoms with Gasteiger partial charge in [-0.25, -0.2) is 4.98 Å². The second-order valence-corrected chi connectivity index (χ2v) is 5.77. The minimum atomic E-state index is -0.805. The van der Waals surface area contributed by atoms with Crippen molar-refractivity contribution in [3.8, 4) is 0 Å². The predicted molar refractivity (Wildman–Crippen MR) is 70.3 cm³/mol. The molecule has 2 aromatic rings. The summed E-state index contributed by atoms with van der Waals surface area (Å²) in [6.45, 7) is 1.77. The molecule has 0 radical (unpaired) electrons. The van der Waals surface area contributed by atoms with E-state index in [1.807, 2.05) is 0 Å². The number of aliphatic carboxylic acids is 1. The molecule has 6 nitrogen and oxygen atoms in total. The van der Waals surface area contributed by atoms with Gasteiger partial charge in [0.25, 0.3) is 5.56 Å². The zero-order chi connectivity index (χ0) is 13.1. The van der Waals surface area contributed by atoms with Crippen molar-refractivity contribution in [3.63, 3.8) is 0 Å². The predicted octanol–water partition coefficient (Wildman–Crippen LogP) is 1.17. The van der Waals surface area contributed by atoms with Crippen molar-refractivity contribution in [1.82, 2.24) is 14.6 Å². The van der Waals surface area contributed by atoms with Gasteiger partial charge in [-0.2, -0.15) is 21.4 Å². The number of fused-ring (bicyclic) bond motifs is 1. The van der Waals surface area contributed by atoms with Crippen molar-refractivity contribution in [3.05, 3.63) is 27.1 Å². The van der Waals surface area contributed by atoms with E-state index in [9.17, 15) is 9.59 Å². The van der Waals surface area contributed by atoms with Gasteiger partial charge in [-0.15, -0.1) is 0 Å². The molecular formula is C10H11N3O3S2. The van der Waals surface area contributed by atoms with Crippen LogP contribution in [0, 0.1) is 6.92 Å². The largest absolute Gasteiger partial charge is 0.481 e. The molecule has 0 fully saturated rings. The minimum Gasteiger partial charge on any atom is -0.481 e. The van der Waals surface area contributed by atoms with E-state index in [0.29, 0.717) is 22.2 Å². The Morgan fingerprint density at radius 1 is 1.61 bits per heavy atom. The van der Waals surface area contributed by atoms with Crippen LogP contribution in [-0.2, 0) is 10.5 Å². The molecule has 0 saturated carbocycles. The molecule has 1 N–H and O–H groups in total. The van der Waals surface area contributed by atoms with Gasteiger partial charge in [0.1, 0.15) is 5.01 Å². The lowest BCUT2D eigenvalue weighted by Crippen LogP contribution is -2.14. The number of aryl methyl sites for hydroxylation is 1. The van der Waals surface area contributed by atoms with Gasteiger partial charge in [-0.1, -0.05) is 11.3 Å². The fourth-order valence-corrected chi connectivity index (χ4v) is 3.26. The van der Waals surface area contributed by atoms with Crippen LogP contribution < -0.4 is 5.56 Å². The lowest BCUT2D eigenvalue weighted by molar-refractivity contribution is -0.136. The number of aromatic nitrogens is 3. The smallest absolute Gasteiger partial charge is 0.304 e. The normalized spacial score (nSPS) is 10.9. The first-order valence-electron chi connectivity index (χ1n) is 5.22. The Kier molecular flexibility index (Phi) is 3.97. The number of carboxylic acid groups (broad SMARTS) is 1. The summed E-state index contributed by atoms with van der Waals surface area (Å²) in [6, 6.07) is 1.44. The minimum absolute atomic E-state index is 0.132. The highest BCUT2D eigenvalue weighted by Crippen LogP contribution is 2.18. The van der Waals surface area contributed by atoms with Gasteiger partial charge in [-0.3, -0.25) is 9.59 Å². The van der Waals surface area contributed by atoms with Crippen LogP contribution in [0.5, 0.6) is 0 Å². The van der Waals surface area contributed by atoms with Gasteiger partial charge in [0.05, 0.1) is 6.42 Å². The zero-order valence-electron chi connectivity index (χ0n) is 9.62. The third-order valence-corrected chi connectivity index (χ3v) is 4.16. The molecule has 8 heteroatoms. The third-order valence-electron chi connectivity index (χ3n) is 2.10. The number of hydrogen-bond donors (Lipinski definition) is 1. The third kappa shape index (κ3) is 3.08. The highest BCUT2D eigenvalue weighted by atomic mass is 32.2. The Bertz CT molecular complexity index is 635. The van der Waals surface area contributed by atoms with Crippen LogP contribution in [0.25, 0.3) is 4.96 Å². The standard InChI is InChI=1S/C10H11N3O3S2/c1-6-4-8(14)13-10(11-6)18-7(12-13)5-17-3-2-9(15)16/h4H,2-3,5H2,1H3,(H,15,16). The van der Waals surface area contributed by atoms with E-state index in [4.69, 9.17) is 5.11 Å². The van der Waals surface area contributed by atoms with E-state index >= 15 is 0 Å². The van der Waals surface area contributed by atoms with Crippen LogP contribution in [0.4, 0.5) is 0 Å². The molecule has 2 heterocycles. The maximum Gasteiger partial charge on any atom is 0.304 e. The maximum absolute atomic E-state index is 11.6. The van der Waals surface area contributed by atoms with Crippen molar-refractivity contribution >= 4 is 34.0 Å². The number of nitrogens with zero attached hydrogens (tertiary/aromatic N) is 3. The Balaban J connectivity index is 2.08. The Morgan fingerprint density at radius 2 is 2.39 bits per heavy atom. The number of thioether (sulfide) groups is 1. The summed E-state index contributed by atoms with van der Waals surface area (Å²) in [5.74, 6) is 0.326. The number of carbonyl (C=O) groups is 1. The van der Waals surface area contributed by atoms with E-state index in [1.165, 1.54) is 33.7 Å². The first kappa shape index (κ1) is 13.0. The summed E-state index contributed by atoms with van der Waals surface area (Å²) >= 11 is 2.84. The molecule has 2 rings (SSSR count). The van der Waals surface area contributed by atoms with Crippen molar-refractivity contribution in [2.24, 2.45) is 0 Å². The molecule has 0 aliphatic rings. The summed E-state index contributed by atoms with van der Waals surface area (Å²) < 4.78 is 1.28. The van der Waals surface area contributed by atoms with Gasteiger partial charge in [0.2, 0.25) is 4.96 Å². The van der Waals surface area contributed by atoms with Crippen molar-refractivity contribution < 1.29 is 9.90 Å². The second-order valence-electron chi connectivity index (χ2n) is 3.62. The van der Waals surface area contributed by atoms with Crippen LogP contribution in [-0.4, -0.2) is 31.4 Å². The second kappa shape index (κ2) is 5.49. The Hall–Kier alpha value is -1.41. The van der Waals surface area contributed by atoms with Crippen LogP contribution >= 0.6 is 23.1 Å². The van der Waals surface area contributed by atoms with Crippen molar-refractivity contribution in [1.29, 1.82) is 0 Å². The molecule has 0 bridgehead atoms. The molecule has 0 aliphatic heterocycles. The fraction of sp³-hybridized carbons (Fsp3) is 0.400. The Labute approximate surface area is 111 Å². The van der Waals surface area contributed by atoms with E-state index in [-0.39, 0.29) is 12.0 Å². The molecule has 0 aliphatic carbocycles. The first-order chi connectivity index (χ1) is 8.56. The molecule has 2 aromatic heterocycles. The van der Waals surface area contributed by atoms with E-state index < -0.39 is 5.97 Å². The lowest BCUT2D eigenvalue weighted by Gasteiger charge is -1.94. The molecular weight excluding hydrogens is 274 g/mol. The van der Waals surface area contributed by atoms with Crippen LogP contribution in [0.15, 0.2) is 10.9 Å². The van der Waals surface area contributed by atoms with Crippen LogP contribution in [0.3, 0.4) is 0 Å². The zero-order valence-corrected chi connectivity index (χ0v) is 11.3.